The summed E-state index contributed by atoms with van der Waals surface area (Å²) in [6, 6.07) is 11.0. The van der Waals surface area contributed by atoms with Crippen LogP contribution >= 0.6 is 34.2 Å². The first-order chi connectivity index (χ1) is 10.5. The molecule has 0 unspecified atom stereocenters. The number of nitrogens with one attached hydrogen (secondary N) is 1. The van der Waals surface area contributed by atoms with E-state index in [4.69, 9.17) is 16.3 Å². The van der Waals surface area contributed by atoms with Crippen molar-refractivity contribution in [2.45, 2.75) is 20.3 Å². The lowest BCUT2D eigenvalue weighted by Crippen LogP contribution is -2.13. The maximum atomic E-state index is 12.4. The topological polar surface area (TPSA) is 38.3 Å². The van der Waals surface area contributed by atoms with E-state index in [9.17, 15) is 4.79 Å². The standard InChI is InChI=1S/C17H17ClINO2/c1-3-11-9-13(19)6-7-15(11)20-17(21)12-5-8-16(22-4-2)14(18)10-12/h5-10H,3-4H2,1-2H3,(H,20,21). The molecule has 0 bridgehead atoms. The van der Waals surface area contributed by atoms with Gasteiger partial charge in [0.2, 0.25) is 0 Å². The highest BCUT2D eigenvalue weighted by atomic mass is 127. The Hall–Kier alpha value is -1.27. The summed E-state index contributed by atoms with van der Waals surface area (Å²) in [5.41, 5.74) is 2.45. The molecule has 2 aromatic rings. The third-order valence-electron chi connectivity index (χ3n) is 3.19. The van der Waals surface area contributed by atoms with Gasteiger partial charge in [0, 0.05) is 14.8 Å². The van der Waals surface area contributed by atoms with Crippen molar-refractivity contribution in [3.8, 4) is 5.75 Å². The van der Waals surface area contributed by atoms with Gasteiger partial charge < -0.3 is 10.1 Å². The minimum atomic E-state index is -0.180. The van der Waals surface area contributed by atoms with Crippen LogP contribution < -0.4 is 10.1 Å². The summed E-state index contributed by atoms with van der Waals surface area (Å²) in [5, 5.41) is 3.38. The number of hydrogen-bond donors (Lipinski definition) is 1. The summed E-state index contributed by atoms with van der Waals surface area (Å²) in [6.45, 7) is 4.49. The largest absolute Gasteiger partial charge is 0.492 e. The molecule has 1 N–H and O–H groups in total. The lowest BCUT2D eigenvalue weighted by Gasteiger charge is -2.11. The minimum absolute atomic E-state index is 0.180. The van der Waals surface area contributed by atoms with Gasteiger partial charge in [-0.25, -0.2) is 0 Å². The third kappa shape index (κ3) is 4.14. The van der Waals surface area contributed by atoms with E-state index < -0.39 is 0 Å². The van der Waals surface area contributed by atoms with Crippen molar-refractivity contribution >= 4 is 45.8 Å². The van der Waals surface area contributed by atoms with Crippen molar-refractivity contribution in [2.75, 3.05) is 11.9 Å². The summed E-state index contributed by atoms with van der Waals surface area (Å²) in [6.07, 6.45) is 0.858. The number of ether oxygens (including phenoxy) is 1. The van der Waals surface area contributed by atoms with Crippen LogP contribution in [-0.2, 0) is 6.42 Å². The molecule has 0 aliphatic rings. The number of carbonyl (C=O) groups is 1. The lowest BCUT2D eigenvalue weighted by molar-refractivity contribution is 0.102. The highest BCUT2D eigenvalue weighted by Crippen LogP contribution is 2.26. The second-order valence-corrected chi connectivity index (χ2v) is 6.34. The van der Waals surface area contributed by atoms with E-state index in [1.165, 1.54) is 0 Å². The number of amides is 1. The Kier molecular flexibility index (Phi) is 6.08. The first kappa shape index (κ1) is 17.1. The summed E-state index contributed by atoms with van der Waals surface area (Å²) >= 11 is 8.39. The van der Waals surface area contributed by atoms with Crippen molar-refractivity contribution in [1.29, 1.82) is 0 Å². The molecule has 5 heteroatoms. The van der Waals surface area contributed by atoms with E-state index in [1.807, 2.05) is 19.1 Å². The average Bonchev–Trinajstić information content (AvgIpc) is 2.51. The Morgan fingerprint density at radius 2 is 2.00 bits per heavy atom. The molecule has 0 radical (unpaired) electrons. The summed E-state index contributed by atoms with van der Waals surface area (Å²) in [5.74, 6) is 0.407. The molecule has 0 aliphatic carbocycles. The van der Waals surface area contributed by atoms with Crippen LogP contribution in [-0.4, -0.2) is 12.5 Å². The summed E-state index contributed by atoms with van der Waals surface area (Å²) < 4.78 is 6.52. The van der Waals surface area contributed by atoms with Crippen molar-refractivity contribution < 1.29 is 9.53 Å². The fourth-order valence-electron chi connectivity index (χ4n) is 2.09. The fraction of sp³-hybridized carbons (Fsp3) is 0.235. The van der Waals surface area contributed by atoms with Crippen molar-refractivity contribution in [3.63, 3.8) is 0 Å². The highest BCUT2D eigenvalue weighted by Gasteiger charge is 2.11. The molecule has 2 aromatic carbocycles. The Balaban J connectivity index is 2.21. The third-order valence-corrected chi connectivity index (χ3v) is 4.16. The first-order valence-electron chi connectivity index (χ1n) is 7.07. The van der Waals surface area contributed by atoms with Gasteiger partial charge in [0.1, 0.15) is 5.75 Å². The molecule has 0 aliphatic heterocycles. The van der Waals surface area contributed by atoms with Crippen LogP contribution in [0.5, 0.6) is 5.75 Å². The number of halogens is 2. The Morgan fingerprint density at radius 3 is 2.64 bits per heavy atom. The quantitative estimate of drug-likeness (QED) is 0.667. The zero-order valence-corrected chi connectivity index (χ0v) is 15.4. The predicted octanol–water partition coefficient (Wildman–Crippen LogP) is 5.16. The smallest absolute Gasteiger partial charge is 0.255 e. The van der Waals surface area contributed by atoms with Crippen LogP contribution in [0.3, 0.4) is 0 Å². The van der Waals surface area contributed by atoms with E-state index >= 15 is 0 Å². The Morgan fingerprint density at radius 1 is 1.23 bits per heavy atom. The highest BCUT2D eigenvalue weighted by molar-refractivity contribution is 14.1. The zero-order chi connectivity index (χ0) is 16.1. The second-order valence-electron chi connectivity index (χ2n) is 4.69. The van der Waals surface area contributed by atoms with E-state index in [0.29, 0.717) is 22.9 Å². The molecule has 0 aromatic heterocycles. The molecule has 22 heavy (non-hydrogen) atoms. The summed E-state index contributed by atoms with van der Waals surface area (Å²) in [4.78, 5) is 12.4. The first-order valence-corrected chi connectivity index (χ1v) is 8.53. The number of benzene rings is 2. The van der Waals surface area contributed by atoms with Crippen LogP contribution in [0.15, 0.2) is 36.4 Å². The molecular weight excluding hydrogens is 413 g/mol. The number of anilines is 1. The zero-order valence-electron chi connectivity index (χ0n) is 12.5. The van der Waals surface area contributed by atoms with Crippen LogP contribution in [0.1, 0.15) is 29.8 Å². The summed E-state index contributed by atoms with van der Waals surface area (Å²) in [7, 11) is 0. The number of rotatable bonds is 5. The molecule has 0 saturated carbocycles. The van der Waals surface area contributed by atoms with Crippen LogP contribution in [0.2, 0.25) is 5.02 Å². The van der Waals surface area contributed by atoms with Gasteiger partial charge in [-0.15, -0.1) is 0 Å². The predicted molar refractivity (Wildman–Crippen MR) is 99.1 cm³/mol. The van der Waals surface area contributed by atoms with Gasteiger partial charge in [0.05, 0.1) is 11.6 Å². The van der Waals surface area contributed by atoms with Gasteiger partial charge in [0.25, 0.3) is 5.91 Å². The maximum Gasteiger partial charge on any atom is 0.255 e. The maximum absolute atomic E-state index is 12.4. The average molecular weight is 430 g/mol. The van der Waals surface area contributed by atoms with E-state index in [1.54, 1.807) is 18.2 Å². The number of aryl methyl sites for hydroxylation is 1. The van der Waals surface area contributed by atoms with Crippen LogP contribution in [0.25, 0.3) is 0 Å². The number of carbonyl (C=O) groups excluding carboxylic acids is 1. The molecule has 3 nitrogen and oxygen atoms in total. The molecule has 0 heterocycles. The molecule has 0 spiro atoms. The fourth-order valence-corrected chi connectivity index (χ4v) is 2.88. The van der Waals surface area contributed by atoms with Crippen LogP contribution in [0.4, 0.5) is 5.69 Å². The molecule has 2 rings (SSSR count). The number of hydrogen-bond acceptors (Lipinski definition) is 2. The normalized spacial score (nSPS) is 10.4. The van der Waals surface area contributed by atoms with Gasteiger partial charge >= 0.3 is 0 Å². The second kappa shape index (κ2) is 7.83. The van der Waals surface area contributed by atoms with Gasteiger partial charge in [0.15, 0.2) is 0 Å². The monoisotopic (exact) mass is 429 g/mol. The molecule has 116 valence electrons. The molecule has 0 fully saturated rings. The Labute approximate surface area is 149 Å². The van der Waals surface area contributed by atoms with E-state index in [2.05, 4.69) is 40.9 Å². The van der Waals surface area contributed by atoms with Gasteiger partial charge in [-0.1, -0.05) is 18.5 Å². The molecule has 1 amide bonds. The van der Waals surface area contributed by atoms with Crippen molar-refractivity contribution in [2.24, 2.45) is 0 Å². The van der Waals surface area contributed by atoms with Gasteiger partial charge in [-0.3, -0.25) is 4.79 Å². The molecule has 0 atom stereocenters. The SMILES string of the molecule is CCOc1ccc(C(=O)Nc2ccc(I)cc2CC)cc1Cl. The van der Waals surface area contributed by atoms with E-state index in [0.717, 1.165) is 21.2 Å². The van der Waals surface area contributed by atoms with Crippen LogP contribution in [0, 0.1) is 3.57 Å². The molecular formula is C17H17ClINO2. The van der Waals surface area contributed by atoms with Crippen molar-refractivity contribution in [1.82, 2.24) is 0 Å². The Bertz CT molecular complexity index is 688. The van der Waals surface area contributed by atoms with Crippen molar-refractivity contribution in [3.05, 3.63) is 56.1 Å². The van der Waals surface area contributed by atoms with Gasteiger partial charge in [-0.2, -0.15) is 0 Å². The molecule has 0 saturated heterocycles. The van der Waals surface area contributed by atoms with Gasteiger partial charge in [-0.05, 0) is 77.9 Å². The van der Waals surface area contributed by atoms with E-state index in [-0.39, 0.29) is 5.91 Å². The lowest BCUT2D eigenvalue weighted by atomic mass is 10.1. The minimum Gasteiger partial charge on any atom is -0.492 e.